The monoisotopic (exact) mass is 326 g/mol. The molecule has 0 radical (unpaired) electrons. The smallest absolute Gasteiger partial charge is 0.255 e. The van der Waals surface area contributed by atoms with Gasteiger partial charge in [-0.25, -0.2) is 0 Å². The van der Waals surface area contributed by atoms with Gasteiger partial charge in [0.15, 0.2) is 0 Å². The molecule has 0 saturated heterocycles. The summed E-state index contributed by atoms with van der Waals surface area (Å²) in [6, 6.07) is 9.22. The number of benzene rings is 1. The lowest BCUT2D eigenvalue weighted by Gasteiger charge is -2.38. The number of nitrogens with zero attached hydrogens (tertiary/aromatic N) is 1. The summed E-state index contributed by atoms with van der Waals surface area (Å²) >= 11 is 0. The summed E-state index contributed by atoms with van der Waals surface area (Å²) in [7, 11) is 0. The molecule has 1 aromatic carbocycles. The van der Waals surface area contributed by atoms with Gasteiger partial charge in [0.05, 0.1) is 0 Å². The highest BCUT2D eigenvalue weighted by Gasteiger charge is 2.47. The number of hydrogen-bond acceptors (Lipinski definition) is 2. The van der Waals surface area contributed by atoms with E-state index in [4.69, 9.17) is 0 Å². The zero-order chi connectivity index (χ0) is 17.2. The first-order chi connectivity index (χ1) is 11.5. The van der Waals surface area contributed by atoms with Crippen molar-refractivity contribution in [2.45, 2.75) is 38.6 Å². The predicted molar refractivity (Wildman–Crippen MR) is 94.5 cm³/mol. The molecule has 2 amide bonds. The fourth-order valence-corrected chi connectivity index (χ4v) is 3.41. The highest BCUT2D eigenvalue weighted by Crippen LogP contribution is 2.33. The second-order valence-electron chi connectivity index (χ2n) is 7.36. The minimum Gasteiger partial charge on any atom is -0.353 e. The number of amides is 2. The Morgan fingerprint density at radius 1 is 1.25 bits per heavy atom. The zero-order valence-electron chi connectivity index (χ0n) is 14.5. The minimum atomic E-state index is -0.865. The summed E-state index contributed by atoms with van der Waals surface area (Å²) in [5.41, 5.74) is -0.236. The molecule has 4 heteroatoms. The van der Waals surface area contributed by atoms with E-state index in [1.807, 2.05) is 42.5 Å². The molecule has 1 N–H and O–H groups in total. The van der Waals surface area contributed by atoms with E-state index >= 15 is 0 Å². The third-order valence-corrected chi connectivity index (χ3v) is 4.79. The molecule has 1 fully saturated rings. The van der Waals surface area contributed by atoms with Crippen molar-refractivity contribution < 1.29 is 9.59 Å². The van der Waals surface area contributed by atoms with E-state index in [1.165, 1.54) is 12.8 Å². The Bertz CT molecular complexity index is 634. The van der Waals surface area contributed by atoms with Gasteiger partial charge >= 0.3 is 0 Å². The van der Waals surface area contributed by atoms with Crippen LogP contribution >= 0.6 is 0 Å². The van der Waals surface area contributed by atoms with Gasteiger partial charge in [-0.3, -0.25) is 9.59 Å². The Balaban J connectivity index is 1.85. The first-order valence-electron chi connectivity index (χ1n) is 8.86. The standard InChI is InChI=1S/C20H26N2O2/c1-15(2)13-20(19(24)21-14-16-9-10-16)11-6-12-22(20)18(23)17-7-4-3-5-8-17/h3-8,11,15-16H,9-10,12-14H2,1-2H3,(H,21,24). The molecular formula is C20H26N2O2. The summed E-state index contributed by atoms with van der Waals surface area (Å²) in [5, 5.41) is 3.08. The second-order valence-corrected chi connectivity index (χ2v) is 7.36. The van der Waals surface area contributed by atoms with Crippen LogP contribution < -0.4 is 5.32 Å². The van der Waals surface area contributed by atoms with Crippen molar-refractivity contribution in [3.8, 4) is 0 Å². The largest absolute Gasteiger partial charge is 0.353 e. The van der Waals surface area contributed by atoms with Crippen LogP contribution in [0.15, 0.2) is 42.5 Å². The average Bonchev–Trinajstić information content (AvgIpc) is 3.31. The number of carbonyl (C=O) groups excluding carboxylic acids is 2. The van der Waals surface area contributed by atoms with Crippen LogP contribution in [0, 0.1) is 11.8 Å². The van der Waals surface area contributed by atoms with Gasteiger partial charge in [0.1, 0.15) is 5.54 Å². The van der Waals surface area contributed by atoms with Gasteiger partial charge in [0, 0.05) is 18.7 Å². The maximum absolute atomic E-state index is 13.0. The van der Waals surface area contributed by atoms with Crippen molar-refractivity contribution in [3.05, 3.63) is 48.0 Å². The molecule has 1 aliphatic carbocycles. The Kier molecular flexibility index (Phi) is 4.74. The van der Waals surface area contributed by atoms with E-state index in [0.717, 1.165) is 6.54 Å². The van der Waals surface area contributed by atoms with Crippen molar-refractivity contribution in [2.75, 3.05) is 13.1 Å². The van der Waals surface area contributed by atoms with Crippen LogP contribution in [-0.4, -0.2) is 35.3 Å². The maximum atomic E-state index is 13.0. The number of hydrogen-bond donors (Lipinski definition) is 1. The quantitative estimate of drug-likeness (QED) is 0.817. The van der Waals surface area contributed by atoms with Crippen LogP contribution in [0.1, 0.15) is 43.5 Å². The fourth-order valence-electron chi connectivity index (χ4n) is 3.41. The van der Waals surface area contributed by atoms with Crippen molar-refractivity contribution in [1.29, 1.82) is 0 Å². The van der Waals surface area contributed by atoms with E-state index in [2.05, 4.69) is 19.2 Å². The molecule has 0 spiro atoms. The Hall–Kier alpha value is -2.10. The highest BCUT2D eigenvalue weighted by atomic mass is 16.2. The number of nitrogens with one attached hydrogen (secondary N) is 1. The van der Waals surface area contributed by atoms with Gasteiger partial charge in [-0.1, -0.05) is 44.2 Å². The van der Waals surface area contributed by atoms with Crippen molar-refractivity contribution in [2.24, 2.45) is 11.8 Å². The molecule has 0 bridgehead atoms. The topological polar surface area (TPSA) is 49.4 Å². The van der Waals surface area contributed by atoms with Gasteiger partial charge in [-0.2, -0.15) is 0 Å². The van der Waals surface area contributed by atoms with E-state index in [0.29, 0.717) is 30.4 Å². The van der Waals surface area contributed by atoms with E-state index in [1.54, 1.807) is 4.90 Å². The summed E-state index contributed by atoms with van der Waals surface area (Å²) in [5.74, 6) is 0.808. The molecule has 1 aliphatic heterocycles. The number of carbonyl (C=O) groups is 2. The summed E-state index contributed by atoms with van der Waals surface area (Å²) in [6.07, 6.45) is 6.90. The number of rotatable bonds is 6. The minimum absolute atomic E-state index is 0.0406. The highest BCUT2D eigenvalue weighted by molar-refractivity contribution is 6.01. The average molecular weight is 326 g/mol. The first kappa shape index (κ1) is 16.7. The lowest BCUT2D eigenvalue weighted by molar-refractivity contribution is -0.129. The molecule has 2 aliphatic rings. The Morgan fingerprint density at radius 3 is 2.58 bits per heavy atom. The van der Waals surface area contributed by atoms with Crippen molar-refractivity contribution >= 4 is 11.8 Å². The summed E-state index contributed by atoms with van der Waals surface area (Å²) < 4.78 is 0. The molecule has 0 aromatic heterocycles. The van der Waals surface area contributed by atoms with Crippen LogP contribution in [0.2, 0.25) is 0 Å². The van der Waals surface area contributed by atoms with Gasteiger partial charge in [-0.15, -0.1) is 0 Å². The molecule has 128 valence electrons. The fraction of sp³-hybridized carbons (Fsp3) is 0.500. The lowest BCUT2D eigenvalue weighted by atomic mass is 9.87. The Morgan fingerprint density at radius 2 is 1.96 bits per heavy atom. The van der Waals surface area contributed by atoms with Crippen LogP contribution in [0.25, 0.3) is 0 Å². The molecular weight excluding hydrogens is 300 g/mol. The molecule has 4 nitrogen and oxygen atoms in total. The van der Waals surface area contributed by atoms with E-state index < -0.39 is 5.54 Å². The SMILES string of the molecule is CC(C)CC1(C(=O)NCC2CC2)C=CCN1C(=O)c1ccccc1. The Labute approximate surface area is 143 Å². The summed E-state index contributed by atoms with van der Waals surface area (Å²) in [4.78, 5) is 27.8. The molecule has 1 unspecified atom stereocenters. The zero-order valence-corrected chi connectivity index (χ0v) is 14.5. The van der Waals surface area contributed by atoms with Crippen LogP contribution in [-0.2, 0) is 4.79 Å². The van der Waals surface area contributed by atoms with Crippen molar-refractivity contribution in [3.63, 3.8) is 0 Å². The van der Waals surface area contributed by atoms with Crippen LogP contribution in [0.3, 0.4) is 0 Å². The molecule has 3 rings (SSSR count). The first-order valence-corrected chi connectivity index (χ1v) is 8.86. The predicted octanol–water partition coefficient (Wildman–Crippen LogP) is 3.01. The van der Waals surface area contributed by atoms with E-state index in [-0.39, 0.29) is 11.8 Å². The van der Waals surface area contributed by atoms with Gasteiger partial charge in [0.2, 0.25) is 5.91 Å². The second kappa shape index (κ2) is 6.80. The summed E-state index contributed by atoms with van der Waals surface area (Å²) in [6.45, 7) is 5.39. The van der Waals surface area contributed by atoms with Crippen LogP contribution in [0.5, 0.6) is 0 Å². The molecule has 24 heavy (non-hydrogen) atoms. The lowest BCUT2D eigenvalue weighted by Crippen LogP contribution is -2.58. The van der Waals surface area contributed by atoms with Gasteiger partial charge in [-0.05, 0) is 43.2 Å². The normalized spacial score (nSPS) is 22.9. The molecule has 1 atom stereocenters. The maximum Gasteiger partial charge on any atom is 0.255 e. The third kappa shape index (κ3) is 3.37. The van der Waals surface area contributed by atoms with Gasteiger partial charge in [0.25, 0.3) is 5.91 Å². The van der Waals surface area contributed by atoms with Gasteiger partial charge < -0.3 is 10.2 Å². The molecule has 1 aromatic rings. The van der Waals surface area contributed by atoms with Crippen molar-refractivity contribution in [1.82, 2.24) is 10.2 Å². The van der Waals surface area contributed by atoms with E-state index in [9.17, 15) is 9.59 Å². The molecule has 1 saturated carbocycles. The third-order valence-electron chi connectivity index (χ3n) is 4.79. The van der Waals surface area contributed by atoms with Crippen LogP contribution in [0.4, 0.5) is 0 Å². The molecule has 1 heterocycles.